The van der Waals surface area contributed by atoms with Gasteiger partial charge < -0.3 is 5.11 Å². The van der Waals surface area contributed by atoms with E-state index in [0.29, 0.717) is 4.21 Å². The molecule has 0 saturated heterocycles. The van der Waals surface area contributed by atoms with Crippen molar-refractivity contribution in [3.8, 4) is 5.06 Å². The zero-order chi connectivity index (χ0) is 6.85. The Hall–Kier alpha value is -0.350. The van der Waals surface area contributed by atoms with E-state index >= 15 is 0 Å². The van der Waals surface area contributed by atoms with E-state index in [1.165, 1.54) is 0 Å². The molecule has 0 aromatic carbocycles. The zero-order valence-electron chi connectivity index (χ0n) is 4.83. The molecule has 0 aliphatic heterocycles. The highest BCUT2D eigenvalue weighted by atomic mass is 32.2. The summed E-state index contributed by atoms with van der Waals surface area (Å²) < 4.78 is 11.4. The molecule has 1 aromatic rings. The quantitative estimate of drug-likeness (QED) is 0.673. The highest BCUT2D eigenvalue weighted by molar-refractivity contribution is 7.86. The summed E-state index contributed by atoms with van der Waals surface area (Å²) in [6.07, 6.45) is 1.59. The van der Waals surface area contributed by atoms with Crippen LogP contribution < -0.4 is 0 Å². The van der Waals surface area contributed by atoms with Crippen LogP contribution in [0.2, 0.25) is 0 Å². The van der Waals surface area contributed by atoms with Gasteiger partial charge in [0, 0.05) is 6.26 Å². The minimum absolute atomic E-state index is 0.222. The van der Waals surface area contributed by atoms with Crippen LogP contribution in [0.5, 0.6) is 5.06 Å². The van der Waals surface area contributed by atoms with Gasteiger partial charge in [0.05, 0.1) is 15.0 Å². The Morgan fingerprint density at radius 3 is 2.56 bits per heavy atom. The molecule has 1 unspecified atom stereocenters. The summed E-state index contributed by atoms with van der Waals surface area (Å²) in [5.41, 5.74) is 0. The van der Waals surface area contributed by atoms with Crippen molar-refractivity contribution < 1.29 is 9.32 Å². The van der Waals surface area contributed by atoms with Crippen LogP contribution in [0.4, 0.5) is 0 Å². The second-order valence-corrected chi connectivity index (χ2v) is 4.22. The summed E-state index contributed by atoms with van der Waals surface area (Å²) in [4.78, 5) is 0. The minimum Gasteiger partial charge on any atom is -0.499 e. The third-order valence-electron chi connectivity index (χ3n) is 0.850. The molecule has 1 aromatic heterocycles. The molecule has 0 aliphatic rings. The van der Waals surface area contributed by atoms with Gasteiger partial charge in [0.25, 0.3) is 0 Å². The Morgan fingerprint density at radius 2 is 2.33 bits per heavy atom. The zero-order valence-corrected chi connectivity index (χ0v) is 6.46. The van der Waals surface area contributed by atoms with Crippen molar-refractivity contribution in [1.82, 2.24) is 0 Å². The van der Waals surface area contributed by atoms with E-state index in [4.69, 9.17) is 5.11 Å². The second kappa shape index (κ2) is 2.49. The Morgan fingerprint density at radius 1 is 1.67 bits per heavy atom. The summed E-state index contributed by atoms with van der Waals surface area (Å²) in [5.74, 6) is 0. The van der Waals surface area contributed by atoms with E-state index in [1.54, 1.807) is 18.4 Å². The van der Waals surface area contributed by atoms with E-state index in [-0.39, 0.29) is 5.06 Å². The SMILES string of the molecule is CS(=O)c1ccc(O)s1. The van der Waals surface area contributed by atoms with Gasteiger partial charge in [-0.3, -0.25) is 4.21 Å². The van der Waals surface area contributed by atoms with Crippen molar-refractivity contribution in [2.45, 2.75) is 4.21 Å². The van der Waals surface area contributed by atoms with Crippen molar-refractivity contribution in [3.05, 3.63) is 12.1 Å². The van der Waals surface area contributed by atoms with Crippen molar-refractivity contribution in [1.29, 1.82) is 0 Å². The average Bonchev–Trinajstić information content (AvgIpc) is 2.14. The monoisotopic (exact) mass is 162 g/mol. The van der Waals surface area contributed by atoms with Crippen molar-refractivity contribution >= 4 is 22.1 Å². The van der Waals surface area contributed by atoms with Gasteiger partial charge in [0.15, 0.2) is 5.06 Å². The van der Waals surface area contributed by atoms with E-state index in [0.717, 1.165) is 11.3 Å². The van der Waals surface area contributed by atoms with Crippen LogP contribution in [-0.2, 0) is 10.8 Å². The third kappa shape index (κ3) is 1.53. The molecule has 50 valence electrons. The van der Waals surface area contributed by atoms with Crippen molar-refractivity contribution in [2.75, 3.05) is 6.26 Å². The van der Waals surface area contributed by atoms with Crippen LogP contribution in [-0.4, -0.2) is 15.6 Å². The molecule has 0 radical (unpaired) electrons. The standard InChI is InChI=1S/C5H6O2S2/c1-9(7)5-3-2-4(6)8-5/h2-3,6H,1H3. The molecule has 0 fully saturated rings. The van der Waals surface area contributed by atoms with Crippen LogP contribution in [0, 0.1) is 0 Å². The molecular formula is C5H6O2S2. The van der Waals surface area contributed by atoms with E-state index in [1.807, 2.05) is 0 Å². The molecule has 0 bridgehead atoms. The lowest BCUT2D eigenvalue weighted by molar-refractivity contribution is 0.491. The fraction of sp³-hybridized carbons (Fsp3) is 0.200. The normalized spacial score (nSPS) is 13.4. The maximum Gasteiger partial charge on any atom is 0.172 e. The Kier molecular flexibility index (Phi) is 1.87. The predicted octanol–water partition coefficient (Wildman–Crippen LogP) is 1.19. The van der Waals surface area contributed by atoms with Crippen LogP contribution in [0.15, 0.2) is 16.3 Å². The molecule has 1 atom stereocenters. The van der Waals surface area contributed by atoms with Gasteiger partial charge in [-0.15, -0.1) is 0 Å². The Balaban J connectivity index is 2.98. The maximum absolute atomic E-state index is 10.7. The lowest BCUT2D eigenvalue weighted by atomic mass is 10.7. The highest BCUT2D eigenvalue weighted by Gasteiger charge is 1.99. The Labute approximate surface area is 59.6 Å². The third-order valence-corrected chi connectivity index (χ3v) is 3.19. The molecule has 1 N–H and O–H groups in total. The maximum atomic E-state index is 10.7. The molecule has 4 heteroatoms. The van der Waals surface area contributed by atoms with Gasteiger partial charge in [-0.1, -0.05) is 11.3 Å². The van der Waals surface area contributed by atoms with Crippen LogP contribution in [0.25, 0.3) is 0 Å². The van der Waals surface area contributed by atoms with Crippen molar-refractivity contribution in [3.63, 3.8) is 0 Å². The molecule has 0 saturated carbocycles. The highest BCUT2D eigenvalue weighted by Crippen LogP contribution is 2.24. The first-order valence-electron chi connectivity index (χ1n) is 2.32. The van der Waals surface area contributed by atoms with Gasteiger partial charge in [0.1, 0.15) is 0 Å². The summed E-state index contributed by atoms with van der Waals surface area (Å²) in [6.45, 7) is 0. The van der Waals surface area contributed by atoms with E-state index in [9.17, 15) is 4.21 Å². The fourth-order valence-corrected chi connectivity index (χ4v) is 1.93. The first kappa shape index (κ1) is 6.77. The Bertz CT molecular complexity index is 229. The number of rotatable bonds is 1. The molecule has 0 spiro atoms. The minimum atomic E-state index is -0.950. The number of aromatic hydroxyl groups is 1. The lowest BCUT2D eigenvalue weighted by Gasteiger charge is -1.82. The van der Waals surface area contributed by atoms with Gasteiger partial charge in [-0.25, -0.2) is 0 Å². The smallest absolute Gasteiger partial charge is 0.172 e. The van der Waals surface area contributed by atoms with E-state index < -0.39 is 10.8 Å². The van der Waals surface area contributed by atoms with Crippen molar-refractivity contribution in [2.24, 2.45) is 0 Å². The fourth-order valence-electron chi connectivity index (χ4n) is 0.465. The average molecular weight is 162 g/mol. The molecule has 9 heavy (non-hydrogen) atoms. The van der Waals surface area contributed by atoms with Crippen LogP contribution in [0.3, 0.4) is 0 Å². The van der Waals surface area contributed by atoms with Crippen LogP contribution in [0.1, 0.15) is 0 Å². The van der Waals surface area contributed by atoms with E-state index in [2.05, 4.69) is 0 Å². The topological polar surface area (TPSA) is 37.3 Å². The van der Waals surface area contributed by atoms with Gasteiger partial charge in [0.2, 0.25) is 0 Å². The molecular weight excluding hydrogens is 156 g/mol. The number of thiophene rings is 1. The summed E-state index contributed by atoms with van der Waals surface area (Å²) in [7, 11) is -0.950. The number of hydrogen-bond donors (Lipinski definition) is 1. The van der Waals surface area contributed by atoms with Gasteiger partial charge in [-0.05, 0) is 12.1 Å². The molecule has 1 heterocycles. The molecule has 0 amide bonds. The molecule has 1 rings (SSSR count). The number of hydrogen-bond acceptors (Lipinski definition) is 3. The summed E-state index contributed by atoms with van der Waals surface area (Å²) >= 11 is 1.15. The van der Waals surface area contributed by atoms with Crippen LogP contribution >= 0.6 is 11.3 Å². The first-order chi connectivity index (χ1) is 4.20. The lowest BCUT2D eigenvalue weighted by Crippen LogP contribution is -1.78. The molecule has 2 nitrogen and oxygen atoms in total. The first-order valence-corrected chi connectivity index (χ1v) is 4.70. The summed E-state index contributed by atoms with van der Waals surface area (Å²) in [6, 6.07) is 3.21. The summed E-state index contributed by atoms with van der Waals surface area (Å²) in [5, 5.41) is 9.01. The largest absolute Gasteiger partial charge is 0.499 e. The molecule has 0 aliphatic carbocycles. The van der Waals surface area contributed by atoms with Gasteiger partial charge >= 0.3 is 0 Å². The second-order valence-electron chi connectivity index (χ2n) is 1.55. The predicted molar refractivity (Wildman–Crippen MR) is 38.3 cm³/mol. The van der Waals surface area contributed by atoms with Gasteiger partial charge in [-0.2, -0.15) is 0 Å².